The lowest BCUT2D eigenvalue weighted by Crippen LogP contribution is -2.21. The zero-order valence-corrected chi connectivity index (χ0v) is 10.6. The van der Waals surface area contributed by atoms with Gasteiger partial charge in [0.1, 0.15) is 0 Å². The van der Waals surface area contributed by atoms with Crippen molar-refractivity contribution in [2.75, 3.05) is 6.54 Å². The van der Waals surface area contributed by atoms with Crippen LogP contribution in [0.1, 0.15) is 42.4 Å². The van der Waals surface area contributed by atoms with E-state index in [9.17, 15) is 0 Å². The van der Waals surface area contributed by atoms with Crippen LogP contribution in [0.15, 0.2) is 18.2 Å². The quantitative estimate of drug-likeness (QED) is 0.815. The fourth-order valence-electron chi connectivity index (χ4n) is 2.77. The maximum absolute atomic E-state index is 3.57. The van der Waals surface area contributed by atoms with Crippen LogP contribution in [-0.4, -0.2) is 12.6 Å². The molecule has 1 heteroatoms. The van der Waals surface area contributed by atoms with E-state index < -0.39 is 0 Å². The molecule has 1 unspecified atom stereocenters. The molecule has 88 valence electrons. The van der Waals surface area contributed by atoms with Crippen LogP contribution >= 0.6 is 0 Å². The Morgan fingerprint density at radius 1 is 1.19 bits per heavy atom. The van der Waals surface area contributed by atoms with Gasteiger partial charge in [-0.2, -0.15) is 0 Å². The lowest BCUT2D eigenvalue weighted by atomic mass is 10.0. The summed E-state index contributed by atoms with van der Waals surface area (Å²) in [5.74, 6) is 0. The third-order valence-corrected chi connectivity index (χ3v) is 3.46. The number of nitrogens with one attached hydrogen (secondary N) is 1. The van der Waals surface area contributed by atoms with Crippen molar-refractivity contribution in [3.63, 3.8) is 0 Å². The van der Waals surface area contributed by atoms with Gasteiger partial charge in [0.2, 0.25) is 0 Å². The maximum Gasteiger partial charge on any atom is 0.00676 e. The fourth-order valence-corrected chi connectivity index (χ4v) is 2.77. The van der Waals surface area contributed by atoms with Crippen LogP contribution < -0.4 is 5.32 Å². The third kappa shape index (κ3) is 3.34. The number of benzene rings is 1. The van der Waals surface area contributed by atoms with E-state index in [1.165, 1.54) is 55.3 Å². The Hall–Kier alpha value is -0.820. The molecule has 1 aliphatic heterocycles. The molecule has 0 aromatic heterocycles. The summed E-state index contributed by atoms with van der Waals surface area (Å²) in [7, 11) is 0. The monoisotopic (exact) mass is 217 g/mol. The summed E-state index contributed by atoms with van der Waals surface area (Å²) in [6.45, 7) is 5.61. The zero-order chi connectivity index (χ0) is 11.4. The molecule has 16 heavy (non-hydrogen) atoms. The molecular formula is C15H23N. The molecule has 1 aromatic carbocycles. The average molecular weight is 217 g/mol. The summed E-state index contributed by atoms with van der Waals surface area (Å²) in [5, 5.41) is 3.57. The second-order valence-electron chi connectivity index (χ2n) is 5.18. The summed E-state index contributed by atoms with van der Waals surface area (Å²) in [6.07, 6.45) is 6.65. The van der Waals surface area contributed by atoms with E-state index in [-0.39, 0.29) is 0 Å². The molecule has 0 amide bonds. The predicted molar refractivity (Wildman–Crippen MR) is 69.9 cm³/mol. The Labute approximate surface area is 99.3 Å². The summed E-state index contributed by atoms with van der Waals surface area (Å²) in [4.78, 5) is 0. The van der Waals surface area contributed by atoms with Crippen molar-refractivity contribution in [2.45, 2.75) is 52.0 Å². The molecule has 0 saturated carbocycles. The second-order valence-corrected chi connectivity index (χ2v) is 5.18. The second kappa shape index (κ2) is 5.49. The fraction of sp³-hybridized carbons (Fsp3) is 0.600. The van der Waals surface area contributed by atoms with Crippen LogP contribution in [0.3, 0.4) is 0 Å². The normalized spacial score (nSPS) is 20.2. The zero-order valence-electron chi connectivity index (χ0n) is 10.6. The first kappa shape index (κ1) is 11.7. The topological polar surface area (TPSA) is 12.0 Å². The lowest BCUT2D eigenvalue weighted by Gasteiger charge is -2.10. The van der Waals surface area contributed by atoms with Gasteiger partial charge in [0.15, 0.2) is 0 Å². The van der Waals surface area contributed by atoms with E-state index in [0.717, 1.165) is 6.04 Å². The minimum atomic E-state index is 0.797. The van der Waals surface area contributed by atoms with Crippen molar-refractivity contribution in [1.29, 1.82) is 0 Å². The van der Waals surface area contributed by atoms with Crippen molar-refractivity contribution in [3.8, 4) is 0 Å². The first-order valence-corrected chi connectivity index (χ1v) is 6.54. The van der Waals surface area contributed by atoms with Gasteiger partial charge in [0.05, 0.1) is 0 Å². The van der Waals surface area contributed by atoms with Gasteiger partial charge >= 0.3 is 0 Å². The first-order valence-electron chi connectivity index (χ1n) is 6.54. The molecule has 1 fully saturated rings. The molecule has 1 aromatic rings. The highest BCUT2D eigenvalue weighted by molar-refractivity contribution is 5.28. The molecule has 1 saturated heterocycles. The number of hydrogen-bond acceptors (Lipinski definition) is 1. The highest BCUT2D eigenvalue weighted by Crippen LogP contribution is 2.15. The standard InChI is InChI=1S/C15H23N/c1-12-9-13(2)11-14(10-12)5-3-6-15-7-4-8-16-15/h9-11,15-16H,3-8H2,1-2H3. The van der Waals surface area contributed by atoms with Gasteiger partial charge in [0.25, 0.3) is 0 Å². The van der Waals surface area contributed by atoms with Crippen molar-refractivity contribution in [2.24, 2.45) is 0 Å². The Morgan fingerprint density at radius 2 is 1.94 bits per heavy atom. The van der Waals surface area contributed by atoms with Gasteiger partial charge in [-0.1, -0.05) is 29.3 Å². The van der Waals surface area contributed by atoms with Gasteiger partial charge in [-0.3, -0.25) is 0 Å². The molecule has 1 atom stereocenters. The molecule has 0 aliphatic carbocycles. The third-order valence-electron chi connectivity index (χ3n) is 3.46. The van der Waals surface area contributed by atoms with E-state index >= 15 is 0 Å². The number of rotatable bonds is 4. The summed E-state index contributed by atoms with van der Waals surface area (Å²) in [6, 6.07) is 7.71. The van der Waals surface area contributed by atoms with Gasteiger partial charge in [-0.25, -0.2) is 0 Å². The number of aryl methyl sites for hydroxylation is 3. The number of hydrogen-bond donors (Lipinski definition) is 1. The van der Waals surface area contributed by atoms with Crippen LogP contribution in [-0.2, 0) is 6.42 Å². The van der Waals surface area contributed by atoms with Crippen LogP contribution in [0.2, 0.25) is 0 Å². The molecule has 1 nitrogen and oxygen atoms in total. The van der Waals surface area contributed by atoms with Gasteiger partial charge < -0.3 is 5.32 Å². The molecule has 1 N–H and O–H groups in total. The van der Waals surface area contributed by atoms with Crippen LogP contribution in [0, 0.1) is 13.8 Å². The van der Waals surface area contributed by atoms with Gasteiger partial charge in [0, 0.05) is 6.04 Å². The van der Waals surface area contributed by atoms with E-state index in [0.29, 0.717) is 0 Å². The van der Waals surface area contributed by atoms with E-state index in [1.54, 1.807) is 0 Å². The Balaban J connectivity index is 1.80. The largest absolute Gasteiger partial charge is 0.314 e. The van der Waals surface area contributed by atoms with Crippen molar-refractivity contribution in [3.05, 3.63) is 34.9 Å². The lowest BCUT2D eigenvalue weighted by molar-refractivity contribution is 0.536. The minimum absolute atomic E-state index is 0.797. The Bertz CT molecular complexity index is 317. The molecule has 1 aliphatic rings. The predicted octanol–water partition coefficient (Wildman–Crippen LogP) is 3.38. The smallest absolute Gasteiger partial charge is 0.00676 e. The van der Waals surface area contributed by atoms with Crippen molar-refractivity contribution < 1.29 is 0 Å². The first-order chi connectivity index (χ1) is 7.74. The van der Waals surface area contributed by atoms with E-state index in [1.807, 2.05) is 0 Å². The van der Waals surface area contributed by atoms with Gasteiger partial charge in [-0.05, 0) is 58.1 Å². The van der Waals surface area contributed by atoms with E-state index in [4.69, 9.17) is 0 Å². The van der Waals surface area contributed by atoms with E-state index in [2.05, 4.69) is 37.4 Å². The molecule has 0 radical (unpaired) electrons. The molecule has 1 heterocycles. The van der Waals surface area contributed by atoms with Crippen LogP contribution in [0.25, 0.3) is 0 Å². The summed E-state index contributed by atoms with van der Waals surface area (Å²) in [5.41, 5.74) is 4.30. The SMILES string of the molecule is Cc1cc(C)cc(CCCC2CCCN2)c1. The molecule has 0 spiro atoms. The maximum atomic E-state index is 3.57. The summed E-state index contributed by atoms with van der Waals surface area (Å²) < 4.78 is 0. The minimum Gasteiger partial charge on any atom is -0.314 e. The average Bonchev–Trinajstić information content (AvgIpc) is 2.69. The van der Waals surface area contributed by atoms with Crippen molar-refractivity contribution in [1.82, 2.24) is 5.32 Å². The molecule has 0 bridgehead atoms. The van der Waals surface area contributed by atoms with Crippen LogP contribution in [0.4, 0.5) is 0 Å². The Morgan fingerprint density at radius 3 is 2.56 bits per heavy atom. The Kier molecular flexibility index (Phi) is 4.00. The van der Waals surface area contributed by atoms with Gasteiger partial charge in [-0.15, -0.1) is 0 Å². The molecular weight excluding hydrogens is 194 g/mol. The highest BCUT2D eigenvalue weighted by atomic mass is 14.9. The molecule has 2 rings (SSSR count). The highest BCUT2D eigenvalue weighted by Gasteiger charge is 2.12. The van der Waals surface area contributed by atoms with Crippen LogP contribution in [0.5, 0.6) is 0 Å². The summed E-state index contributed by atoms with van der Waals surface area (Å²) >= 11 is 0. The van der Waals surface area contributed by atoms with Crippen molar-refractivity contribution >= 4 is 0 Å².